The summed E-state index contributed by atoms with van der Waals surface area (Å²) in [6, 6.07) is 9.13. The Kier molecular flexibility index (Phi) is 14.6. The number of carboxylic acids is 1. The SMILES string of the molecule is CCCC(NC(=O)[C@H]1Cc2cccc(c2)Oc2ccc(cc2)C[C@H](NC(=O)OC(C)(C)C)C(=O)N[C@@H](C2CCCCC2)C(=O)N1)C(=O)C(=O)NCC(=O)O. The molecule has 4 bridgehead atoms. The molecule has 2 aromatic carbocycles. The first-order valence-electron chi connectivity index (χ1n) is 18.4. The smallest absolute Gasteiger partial charge is 0.408 e. The monoisotopic (exact) mass is 749 g/mol. The van der Waals surface area contributed by atoms with Gasteiger partial charge in [0.25, 0.3) is 5.91 Å². The second-order valence-corrected chi connectivity index (χ2v) is 14.7. The number of carbonyl (C=O) groups excluding carboxylic acids is 6. The van der Waals surface area contributed by atoms with Crippen molar-refractivity contribution in [2.24, 2.45) is 5.92 Å². The van der Waals surface area contributed by atoms with Crippen LogP contribution < -0.4 is 31.3 Å². The van der Waals surface area contributed by atoms with Gasteiger partial charge in [-0.3, -0.25) is 28.8 Å². The van der Waals surface area contributed by atoms with Crippen molar-refractivity contribution in [2.75, 3.05) is 6.54 Å². The van der Waals surface area contributed by atoms with Crippen molar-refractivity contribution >= 4 is 41.5 Å². The largest absolute Gasteiger partial charge is 0.480 e. The molecule has 5 amide bonds. The normalized spacial score (nSPS) is 20.2. The van der Waals surface area contributed by atoms with Crippen LogP contribution in [0.4, 0.5) is 4.79 Å². The zero-order chi connectivity index (χ0) is 39.4. The number of aliphatic carboxylic acids is 1. The summed E-state index contributed by atoms with van der Waals surface area (Å²) in [4.78, 5) is 91.9. The minimum Gasteiger partial charge on any atom is -0.480 e. The number of fused-ring (bicyclic) bond motifs is 10. The van der Waals surface area contributed by atoms with Crippen LogP contribution in [-0.4, -0.2) is 82.9 Å². The van der Waals surface area contributed by atoms with E-state index in [0.717, 1.165) is 19.3 Å². The summed E-state index contributed by atoms with van der Waals surface area (Å²) >= 11 is 0. The van der Waals surface area contributed by atoms with Gasteiger partial charge in [0.05, 0.1) is 6.04 Å². The van der Waals surface area contributed by atoms with Gasteiger partial charge in [-0.05, 0) is 81.3 Å². The standard InChI is InChI=1S/C39H51N5O10/c1-5-10-28(33(47)37(51)40-22-31(45)46)41-34(48)29-21-24-11-9-14-27(19-24)53-26-17-15-23(16-18-26)20-30(43-38(52)54-39(2,3)4)35(49)44-32(36(50)42-29)25-12-7-6-8-13-25/h9,11,14-19,25,28-30,32H,5-8,10,12-13,20-22H2,1-4H3,(H,40,51)(H,41,48)(H,42,50)(H,43,52)(H,44,49)(H,45,46)/t28?,29-,30+,32+/m1/s1. The summed E-state index contributed by atoms with van der Waals surface area (Å²) in [7, 11) is 0. The Morgan fingerprint density at radius 2 is 1.61 bits per heavy atom. The number of ether oxygens (including phenoxy) is 2. The Balaban J connectivity index is 1.72. The molecule has 54 heavy (non-hydrogen) atoms. The van der Waals surface area contributed by atoms with Crippen LogP contribution in [0.25, 0.3) is 0 Å². The molecule has 3 aliphatic rings. The molecule has 2 aromatic rings. The van der Waals surface area contributed by atoms with Crippen molar-refractivity contribution < 1.29 is 48.1 Å². The first kappa shape index (κ1) is 41.3. The molecule has 4 atom stereocenters. The van der Waals surface area contributed by atoms with Gasteiger partial charge in [-0.15, -0.1) is 0 Å². The fraction of sp³-hybridized carbons (Fsp3) is 0.513. The van der Waals surface area contributed by atoms with Crippen molar-refractivity contribution in [2.45, 2.75) is 115 Å². The van der Waals surface area contributed by atoms with Gasteiger partial charge in [-0.25, -0.2) is 4.79 Å². The van der Waals surface area contributed by atoms with Gasteiger partial charge < -0.3 is 41.2 Å². The molecule has 6 N–H and O–H groups in total. The highest BCUT2D eigenvalue weighted by Crippen LogP contribution is 2.28. The van der Waals surface area contributed by atoms with E-state index in [2.05, 4.69) is 21.3 Å². The molecule has 292 valence electrons. The highest BCUT2D eigenvalue weighted by Gasteiger charge is 2.37. The Bertz CT molecular complexity index is 1680. The second kappa shape index (κ2) is 19.0. The summed E-state index contributed by atoms with van der Waals surface area (Å²) in [5.41, 5.74) is 0.474. The lowest BCUT2D eigenvalue weighted by Gasteiger charge is -2.33. The van der Waals surface area contributed by atoms with Crippen molar-refractivity contribution in [3.8, 4) is 11.5 Å². The lowest BCUT2D eigenvalue weighted by molar-refractivity contribution is -0.143. The number of carbonyl (C=O) groups is 7. The molecule has 1 unspecified atom stereocenters. The van der Waals surface area contributed by atoms with E-state index in [4.69, 9.17) is 14.6 Å². The van der Waals surface area contributed by atoms with Gasteiger partial charge in [0.2, 0.25) is 23.5 Å². The molecule has 2 aliphatic heterocycles. The zero-order valence-corrected chi connectivity index (χ0v) is 31.2. The summed E-state index contributed by atoms with van der Waals surface area (Å²) in [5, 5.41) is 21.9. The Morgan fingerprint density at radius 3 is 2.26 bits per heavy atom. The minimum atomic E-state index is -1.34. The molecule has 0 aromatic heterocycles. The number of carboxylic acid groups (broad SMARTS) is 1. The van der Waals surface area contributed by atoms with E-state index in [1.807, 2.05) is 5.32 Å². The molecule has 2 heterocycles. The molecule has 15 nitrogen and oxygen atoms in total. The lowest BCUT2D eigenvalue weighted by Crippen LogP contribution is -2.60. The van der Waals surface area contributed by atoms with Crippen LogP contribution in [0, 0.1) is 5.92 Å². The average molecular weight is 750 g/mol. The third-order valence-electron chi connectivity index (χ3n) is 9.11. The lowest BCUT2D eigenvalue weighted by atomic mass is 9.83. The van der Waals surface area contributed by atoms with Crippen LogP contribution in [0.15, 0.2) is 48.5 Å². The molecule has 1 fully saturated rings. The fourth-order valence-corrected chi connectivity index (χ4v) is 6.52. The number of hydrogen-bond donors (Lipinski definition) is 6. The predicted molar refractivity (Wildman–Crippen MR) is 196 cm³/mol. The molecular weight excluding hydrogens is 698 g/mol. The molecular formula is C39H51N5O10. The Hall–Kier alpha value is -5.47. The molecule has 0 saturated heterocycles. The summed E-state index contributed by atoms with van der Waals surface area (Å²) < 4.78 is 11.5. The van der Waals surface area contributed by atoms with E-state index in [1.54, 1.807) is 76.2 Å². The van der Waals surface area contributed by atoms with Crippen LogP contribution >= 0.6 is 0 Å². The van der Waals surface area contributed by atoms with Gasteiger partial charge in [-0.2, -0.15) is 0 Å². The van der Waals surface area contributed by atoms with Crippen molar-refractivity contribution in [3.63, 3.8) is 0 Å². The minimum absolute atomic E-state index is 0.0554. The molecule has 0 spiro atoms. The number of benzene rings is 2. The first-order chi connectivity index (χ1) is 25.6. The maximum Gasteiger partial charge on any atom is 0.408 e. The third-order valence-corrected chi connectivity index (χ3v) is 9.11. The Labute approximate surface area is 314 Å². The quantitative estimate of drug-likeness (QED) is 0.195. The van der Waals surface area contributed by atoms with E-state index in [0.29, 0.717) is 41.9 Å². The highest BCUT2D eigenvalue weighted by molar-refractivity contribution is 6.38. The third kappa shape index (κ3) is 12.6. The maximum absolute atomic E-state index is 14.3. The van der Waals surface area contributed by atoms with E-state index in [1.165, 1.54) is 0 Å². The molecule has 15 heteroatoms. The number of alkyl carbamates (subject to hydrolysis) is 1. The van der Waals surface area contributed by atoms with Crippen LogP contribution in [-0.2, 0) is 46.3 Å². The highest BCUT2D eigenvalue weighted by atomic mass is 16.6. The van der Waals surface area contributed by atoms with Crippen molar-refractivity contribution in [3.05, 3.63) is 59.7 Å². The number of Topliss-reactive ketones (excluding diaryl/α,β-unsaturated/α-hetero) is 1. The summed E-state index contributed by atoms with van der Waals surface area (Å²) in [6.45, 7) is 6.08. The fourth-order valence-electron chi connectivity index (χ4n) is 6.52. The van der Waals surface area contributed by atoms with Crippen LogP contribution in [0.2, 0.25) is 0 Å². The van der Waals surface area contributed by atoms with E-state index in [9.17, 15) is 33.6 Å². The number of ketones is 1. The number of rotatable bonds is 10. The average Bonchev–Trinajstić information content (AvgIpc) is 3.11. The summed E-state index contributed by atoms with van der Waals surface area (Å²) in [6.07, 6.45) is 3.57. The Morgan fingerprint density at radius 1 is 0.907 bits per heavy atom. The predicted octanol–water partition coefficient (Wildman–Crippen LogP) is 3.08. The van der Waals surface area contributed by atoms with E-state index in [-0.39, 0.29) is 25.2 Å². The van der Waals surface area contributed by atoms with E-state index >= 15 is 0 Å². The maximum atomic E-state index is 14.3. The zero-order valence-electron chi connectivity index (χ0n) is 31.2. The van der Waals surface area contributed by atoms with Crippen molar-refractivity contribution in [1.29, 1.82) is 0 Å². The van der Waals surface area contributed by atoms with Crippen LogP contribution in [0.3, 0.4) is 0 Å². The molecule has 0 radical (unpaired) electrons. The van der Waals surface area contributed by atoms with Crippen molar-refractivity contribution in [1.82, 2.24) is 26.6 Å². The number of hydrogen-bond acceptors (Lipinski definition) is 9. The number of nitrogens with one attached hydrogen (secondary N) is 5. The van der Waals surface area contributed by atoms with Gasteiger partial charge >= 0.3 is 12.1 Å². The van der Waals surface area contributed by atoms with Crippen LogP contribution in [0.1, 0.15) is 83.8 Å². The van der Waals surface area contributed by atoms with Gasteiger partial charge in [0.1, 0.15) is 41.8 Å². The number of amides is 5. The molecule has 1 aliphatic carbocycles. The molecule has 5 rings (SSSR count). The van der Waals surface area contributed by atoms with Gasteiger partial charge in [0.15, 0.2) is 0 Å². The molecule has 1 saturated carbocycles. The van der Waals surface area contributed by atoms with Crippen LogP contribution in [0.5, 0.6) is 11.5 Å². The first-order valence-corrected chi connectivity index (χ1v) is 18.4. The van der Waals surface area contributed by atoms with E-state index < -0.39 is 77.8 Å². The topological polar surface area (TPSA) is 218 Å². The summed E-state index contributed by atoms with van der Waals surface area (Å²) in [5.74, 6) is -4.90. The second-order valence-electron chi connectivity index (χ2n) is 14.7. The van der Waals surface area contributed by atoms with Gasteiger partial charge in [-0.1, -0.05) is 56.9 Å². The van der Waals surface area contributed by atoms with Gasteiger partial charge in [0, 0.05) is 12.8 Å².